The second kappa shape index (κ2) is 10.4. The van der Waals surface area contributed by atoms with Crippen LogP contribution in [0.2, 0.25) is 0 Å². The fraction of sp³-hybridized carbons (Fsp3) is 0.400. The molecule has 39 heavy (non-hydrogen) atoms. The van der Waals surface area contributed by atoms with E-state index in [2.05, 4.69) is 31.4 Å². The summed E-state index contributed by atoms with van der Waals surface area (Å²) in [5.74, 6) is 1.30. The Morgan fingerprint density at radius 3 is 2.31 bits per heavy atom. The van der Waals surface area contributed by atoms with Gasteiger partial charge in [-0.25, -0.2) is 4.79 Å². The van der Waals surface area contributed by atoms with Gasteiger partial charge < -0.3 is 29.6 Å². The van der Waals surface area contributed by atoms with E-state index in [0.29, 0.717) is 34.5 Å². The quantitative estimate of drug-likeness (QED) is 0.287. The smallest absolute Gasteiger partial charge is 0.343 e. The van der Waals surface area contributed by atoms with Crippen LogP contribution in [0.3, 0.4) is 0 Å². The number of hydrogen-bond donors (Lipinski definition) is 2. The zero-order valence-corrected chi connectivity index (χ0v) is 23.9. The number of amides is 1. The molecule has 0 bridgehead atoms. The number of carbonyl (C=O) groups is 2. The lowest BCUT2D eigenvalue weighted by atomic mass is 9.72. The molecule has 0 saturated carbocycles. The fourth-order valence-corrected chi connectivity index (χ4v) is 6.72. The highest BCUT2D eigenvalue weighted by molar-refractivity contribution is 7.16. The van der Waals surface area contributed by atoms with Crippen molar-refractivity contribution in [1.29, 1.82) is 0 Å². The summed E-state index contributed by atoms with van der Waals surface area (Å²) < 4.78 is 21.9. The van der Waals surface area contributed by atoms with Gasteiger partial charge in [0.05, 0.1) is 32.5 Å². The van der Waals surface area contributed by atoms with E-state index in [1.807, 2.05) is 12.1 Å². The number of ether oxygens (including phenoxy) is 4. The minimum Gasteiger partial charge on any atom is -0.493 e. The molecule has 0 fully saturated rings. The molecule has 2 atom stereocenters. The Kier molecular flexibility index (Phi) is 7.20. The number of thiophene rings is 1. The first-order valence-corrected chi connectivity index (χ1v) is 13.8. The van der Waals surface area contributed by atoms with E-state index in [1.165, 1.54) is 31.8 Å². The lowest BCUT2D eigenvalue weighted by molar-refractivity contribution is 0.0731. The van der Waals surface area contributed by atoms with E-state index in [-0.39, 0.29) is 16.9 Å². The normalized spacial score (nSPS) is 18.3. The molecule has 9 heteroatoms. The average Bonchev–Trinajstić information content (AvgIpc) is 3.30. The number of hydrogen-bond acceptors (Lipinski definition) is 8. The van der Waals surface area contributed by atoms with Gasteiger partial charge in [-0.3, -0.25) is 4.79 Å². The highest BCUT2D eigenvalue weighted by Gasteiger charge is 2.37. The summed E-state index contributed by atoms with van der Waals surface area (Å²) in [5.41, 5.74) is 3.03. The van der Waals surface area contributed by atoms with Gasteiger partial charge in [0.15, 0.2) is 11.5 Å². The lowest BCUT2D eigenvalue weighted by Crippen LogP contribution is -2.38. The standard InChI is InChI=1S/C30H34N2O6S/c1-30(2,3)17-11-12-19-23(15-17)39-28-24(19)27(33)31-26(32-28)18-9-7-8-10-20(18)38-29(34)16-13-21(35-4)25(37-6)22(14-16)36-5/h7-10,13-14,17,26,32H,11-12,15H2,1-6H3,(H,31,33)/t17-,26-/m1/s1. The summed E-state index contributed by atoms with van der Waals surface area (Å²) in [4.78, 5) is 27.8. The Morgan fingerprint density at radius 2 is 1.67 bits per heavy atom. The molecule has 1 aliphatic carbocycles. The Labute approximate surface area is 232 Å². The van der Waals surface area contributed by atoms with Crippen LogP contribution in [0.25, 0.3) is 0 Å². The number of nitrogens with one attached hydrogen (secondary N) is 2. The molecular formula is C30H34N2O6S. The summed E-state index contributed by atoms with van der Waals surface area (Å²) in [6.07, 6.45) is 2.42. The van der Waals surface area contributed by atoms with Crippen molar-refractivity contribution >= 4 is 28.2 Å². The Balaban J connectivity index is 1.41. The van der Waals surface area contributed by atoms with Gasteiger partial charge in [0.2, 0.25) is 5.75 Å². The third-order valence-corrected chi connectivity index (χ3v) is 8.79. The van der Waals surface area contributed by atoms with Crippen LogP contribution in [0.1, 0.15) is 70.1 Å². The van der Waals surface area contributed by atoms with Gasteiger partial charge in [-0.15, -0.1) is 11.3 Å². The van der Waals surface area contributed by atoms with Crippen LogP contribution in [-0.4, -0.2) is 33.2 Å². The molecule has 2 aromatic carbocycles. The number of benzene rings is 2. The molecule has 8 nitrogen and oxygen atoms in total. The maximum atomic E-state index is 13.3. The summed E-state index contributed by atoms with van der Waals surface area (Å²) >= 11 is 1.67. The molecule has 1 aliphatic heterocycles. The summed E-state index contributed by atoms with van der Waals surface area (Å²) in [5, 5.41) is 7.45. The molecule has 206 valence electrons. The minimum absolute atomic E-state index is 0.105. The van der Waals surface area contributed by atoms with Gasteiger partial charge >= 0.3 is 5.97 Å². The Hall–Kier alpha value is -3.72. The van der Waals surface area contributed by atoms with Crippen LogP contribution in [0.5, 0.6) is 23.0 Å². The van der Waals surface area contributed by atoms with Crippen LogP contribution in [-0.2, 0) is 12.8 Å². The van der Waals surface area contributed by atoms with Gasteiger partial charge in [0.1, 0.15) is 16.9 Å². The molecule has 0 saturated heterocycles. The Morgan fingerprint density at radius 1 is 0.974 bits per heavy atom. The Bertz CT molecular complexity index is 1400. The average molecular weight is 551 g/mol. The highest BCUT2D eigenvalue weighted by atomic mass is 32.1. The topological polar surface area (TPSA) is 95.1 Å². The molecule has 2 heterocycles. The largest absolute Gasteiger partial charge is 0.493 e. The van der Waals surface area contributed by atoms with Crippen molar-refractivity contribution in [3.63, 3.8) is 0 Å². The van der Waals surface area contributed by atoms with E-state index in [0.717, 1.165) is 29.8 Å². The maximum Gasteiger partial charge on any atom is 0.343 e. The molecule has 5 rings (SSSR count). The number of anilines is 1. The molecule has 0 radical (unpaired) electrons. The van der Waals surface area contributed by atoms with E-state index < -0.39 is 12.1 Å². The van der Waals surface area contributed by atoms with E-state index in [1.54, 1.807) is 35.6 Å². The van der Waals surface area contributed by atoms with Crippen LogP contribution >= 0.6 is 11.3 Å². The predicted octanol–water partition coefficient (Wildman–Crippen LogP) is 6.00. The van der Waals surface area contributed by atoms with Gasteiger partial charge in [-0.1, -0.05) is 39.0 Å². The maximum absolute atomic E-state index is 13.3. The van der Waals surface area contributed by atoms with Gasteiger partial charge in [0, 0.05) is 10.4 Å². The SMILES string of the molecule is COc1cc(C(=O)Oc2ccccc2[C@@H]2NC(=O)c3c(sc4c3CC[C@@H](C(C)(C)C)C4)N2)cc(OC)c1OC. The molecule has 2 N–H and O–H groups in total. The molecule has 0 spiro atoms. The van der Waals surface area contributed by atoms with E-state index in [4.69, 9.17) is 18.9 Å². The fourth-order valence-electron chi connectivity index (χ4n) is 5.36. The van der Waals surface area contributed by atoms with Crippen molar-refractivity contribution in [1.82, 2.24) is 5.32 Å². The summed E-state index contributed by atoms with van der Waals surface area (Å²) in [7, 11) is 4.47. The van der Waals surface area contributed by atoms with Crippen molar-refractivity contribution in [3.8, 4) is 23.0 Å². The third-order valence-electron chi connectivity index (χ3n) is 7.60. The summed E-state index contributed by atoms with van der Waals surface area (Å²) in [6.45, 7) is 6.86. The number of rotatable bonds is 6. The number of methoxy groups -OCH3 is 3. The molecule has 0 unspecified atom stereocenters. The first-order valence-electron chi connectivity index (χ1n) is 13.0. The van der Waals surface area contributed by atoms with E-state index in [9.17, 15) is 9.59 Å². The molecule has 1 aromatic heterocycles. The van der Waals surface area contributed by atoms with Crippen molar-refractivity contribution in [2.45, 2.75) is 46.2 Å². The van der Waals surface area contributed by atoms with Crippen molar-refractivity contribution < 1.29 is 28.5 Å². The van der Waals surface area contributed by atoms with Crippen molar-refractivity contribution in [2.24, 2.45) is 11.3 Å². The second-order valence-electron chi connectivity index (χ2n) is 10.9. The van der Waals surface area contributed by atoms with Gasteiger partial charge in [0.25, 0.3) is 5.91 Å². The zero-order valence-electron chi connectivity index (χ0n) is 23.1. The molecule has 3 aromatic rings. The van der Waals surface area contributed by atoms with Crippen molar-refractivity contribution in [2.75, 3.05) is 26.6 Å². The van der Waals surface area contributed by atoms with Crippen LogP contribution < -0.4 is 29.6 Å². The van der Waals surface area contributed by atoms with Gasteiger partial charge in [-0.05, 0) is 54.4 Å². The zero-order chi connectivity index (χ0) is 27.9. The minimum atomic E-state index is -0.593. The second-order valence-corrected chi connectivity index (χ2v) is 12.0. The number of carbonyl (C=O) groups excluding carboxylic acids is 2. The molecule has 2 aliphatic rings. The number of fused-ring (bicyclic) bond motifs is 3. The van der Waals surface area contributed by atoms with Crippen LogP contribution in [0.4, 0.5) is 5.00 Å². The number of para-hydroxylation sites is 1. The summed E-state index contributed by atoms with van der Waals surface area (Å²) in [6, 6.07) is 10.3. The monoisotopic (exact) mass is 550 g/mol. The molecular weight excluding hydrogens is 516 g/mol. The van der Waals surface area contributed by atoms with Crippen molar-refractivity contribution in [3.05, 3.63) is 63.5 Å². The number of esters is 1. The molecule has 1 amide bonds. The first-order chi connectivity index (χ1) is 18.6. The van der Waals surface area contributed by atoms with Crippen LogP contribution in [0, 0.1) is 11.3 Å². The van der Waals surface area contributed by atoms with Gasteiger partial charge in [-0.2, -0.15) is 0 Å². The van der Waals surface area contributed by atoms with Crippen LogP contribution in [0.15, 0.2) is 36.4 Å². The van der Waals surface area contributed by atoms with E-state index >= 15 is 0 Å². The first kappa shape index (κ1) is 26.9. The third kappa shape index (κ3) is 5.03. The highest BCUT2D eigenvalue weighted by Crippen LogP contribution is 2.46. The predicted molar refractivity (Wildman–Crippen MR) is 151 cm³/mol. The lowest BCUT2D eigenvalue weighted by Gasteiger charge is -2.34.